The van der Waals surface area contributed by atoms with Gasteiger partial charge in [-0.3, -0.25) is 0 Å². The number of allylic oxidation sites excluding steroid dienone is 1. The third-order valence-corrected chi connectivity index (χ3v) is 5.35. The fourth-order valence-corrected chi connectivity index (χ4v) is 3.63. The number of benzene rings is 2. The molecular formula is C27H28N2O. The van der Waals surface area contributed by atoms with Crippen molar-refractivity contribution in [3.05, 3.63) is 77.5 Å². The van der Waals surface area contributed by atoms with Crippen molar-refractivity contribution in [3.8, 4) is 5.75 Å². The van der Waals surface area contributed by atoms with Crippen molar-refractivity contribution in [2.45, 2.75) is 32.6 Å². The average molecular weight is 397 g/mol. The SMILES string of the molecule is CCCCC/C=C/c1ccc2c(n1)[nH]c1ccc(/C=C/c3ccc(OC)cc3)cc12. The largest absolute Gasteiger partial charge is 0.497 e. The molecule has 0 aliphatic carbocycles. The molecule has 0 aliphatic heterocycles. The molecule has 2 heterocycles. The van der Waals surface area contributed by atoms with Gasteiger partial charge in [-0.1, -0.05) is 56.2 Å². The van der Waals surface area contributed by atoms with Crippen LogP contribution in [-0.4, -0.2) is 17.1 Å². The predicted octanol–water partition coefficient (Wildman–Crippen LogP) is 7.49. The fourth-order valence-electron chi connectivity index (χ4n) is 3.63. The number of aromatic nitrogens is 2. The normalized spacial score (nSPS) is 11.9. The molecule has 0 amide bonds. The summed E-state index contributed by atoms with van der Waals surface area (Å²) in [6, 6.07) is 18.8. The number of methoxy groups -OCH3 is 1. The van der Waals surface area contributed by atoms with E-state index in [1.54, 1.807) is 7.11 Å². The number of aromatic amines is 1. The van der Waals surface area contributed by atoms with Gasteiger partial charge in [0.1, 0.15) is 11.4 Å². The van der Waals surface area contributed by atoms with Crippen LogP contribution in [0.25, 0.3) is 40.2 Å². The number of nitrogens with one attached hydrogen (secondary N) is 1. The summed E-state index contributed by atoms with van der Waals surface area (Å²) in [5.41, 5.74) is 5.37. The number of fused-ring (bicyclic) bond motifs is 3. The van der Waals surface area contributed by atoms with E-state index in [0.29, 0.717) is 0 Å². The highest BCUT2D eigenvalue weighted by Crippen LogP contribution is 2.26. The molecule has 4 aromatic rings. The Morgan fingerprint density at radius 2 is 1.67 bits per heavy atom. The van der Waals surface area contributed by atoms with Crippen LogP contribution in [0.3, 0.4) is 0 Å². The number of hydrogen-bond acceptors (Lipinski definition) is 2. The molecule has 30 heavy (non-hydrogen) atoms. The third-order valence-electron chi connectivity index (χ3n) is 5.35. The van der Waals surface area contributed by atoms with Gasteiger partial charge < -0.3 is 9.72 Å². The van der Waals surface area contributed by atoms with Gasteiger partial charge in [-0.2, -0.15) is 0 Å². The summed E-state index contributed by atoms with van der Waals surface area (Å²) in [5, 5.41) is 2.36. The Hall–Kier alpha value is -3.33. The minimum atomic E-state index is 0.870. The molecule has 0 unspecified atom stereocenters. The van der Waals surface area contributed by atoms with Crippen molar-refractivity contribution in [2.75, 3.05) is 7.11 Å². The quantitative estimate of drug-likeness (QED) is 0.247. The maximum Gasteiger partial charge on any atom is 0.139 e. The summed E-state index contributed by atoms with van der Waals surface area (Å²) < 4.78 is 5.22. The number of ether oxygens (including phenoxy) is 1. The molecule has 2 aromatic carbocycles. The van der Waals surface area contributed by atoms with Gasteiger partial charge in [0.05, 0.1) is 12.8 Å². The van der Waals surface area contributed by atoms with Crippen LogP contribution in [0.15, 0.2) is 60.7 Å². The van der Waals surface area contributed by atoms with Gasteiger partial charge in [-0.15, -0.1) is 0 Å². The van der Waals surface area contributed by atoms with E-state index in [9.17, 15) is 0 Å². The van der Waals surface area contributed by atoms with Gasteiger partial charge in [0, 0.05) is 16.3 Å². The first kappa shape index (κ1) is 20.0. The van der Waals surface area contributed by atoms with Crippen molar-refractivity contribution in [1.82, 2.24) is 9.97 Å². The van der Waals surface area contributed by atoms with Crippen molar-refractivity contribution >= 4 is 40.2 Å². The molecule has 0 aliphatic rings. The maximum atomic E-state index is 5.22. The number of nitrogens with zero attached hydrogens (tertiary/aromatic N) is 1. The lowest BCUT2D eigenvalue weighted by Crippen LogP contribution is -1.81. The third kappa shape index (κ3) is 4.62. The lowest BCUT2D eigenvalue weighted by Gasteiger charge is -1.99. The number of rotatable bonds is 8. The van der Waals surface area contributed by atoms with E-state index >= 15 is 0 Å². The Morgan fingerprint density at radius 3 is 2.47 bits per heavy atom. The van der Waals surface area contributed by atoms with E-state index in [-0.39, 0.29) is 0 Å². The van der Waals surface area contributed by atoms with Gasteiger partial charge in [0.2, 0.25) is 0 Å². The number of hydrogen-bond donors (Lipinski definition) is 1. The molecule has 3 nitrogen and oxygen atoms in total. The zero-order valence-corrected chi connectivity index (χ0v) is 17.7. The van der Waals surface area contributed by atoms with Crippen LogP contribution in [0.5, 0.6) is 5.75 Å². The summed E-state index contributed by atoms with van der Waals surface area (Å²) in [4.78, 5) is 8.26. The summed E-state index contributed by atoms with van der Waals surface area (Å²) in [6.07, 6.45) is 13.5. The first-order chi connectivity index (χ1) is 14.8. The summed E-state index contributed by atoms with van der Waals surface area (Å²) >= 11 is 0. The van der Waals surface area contributed by atoms with Crippen LogP contribution in [0.4, 0.5) is 0 Å². The second-order valence-electron chi connectivity index (χ2n) is 7.57. The van der Waals surface area contributed by atoms with E-state index in [1.165, 1.54) is 30.2 Å². The molecule has 0 radical (unpaired) electrons. The Morgan fingerprint density at radius 1 is 0.867 bits per heavy atom. The molecule has 4 rings (SSSR count). The van der Waals surface area contributed by atoms with Gasteiger partial charge in [0.15, 0.2) is 0 Å². The second-order valence-corrected chi connectivity index (χ2v) is 7.57. The maximum absolute atomic E-state index is 5.22. The fraction of sp³-hybridized carbons (Fsp3) is 0.222. The highest BCUT2D eigenvalue weighted by molar-refractivity contribution is 6.06. The Labute approximate surface area is 178 Å². The predicted molar refractivity (Wildman–Crippen MR) is 129 cm³/mol. The van der Waals surface area contributed by atoms with Crippen molar-refractivity contribution in [3.63, 3.8) is 0 Å². The van der Waals surface area contributed by atoms with E-state index in [1.807, 2.05) is 12.1 Å². The molecule has 1 N–H and O–H groups in total. The average Bonchev–Trinajstić information content (AvgIpc) is 3.15. The van der Waals surface area contributed by atoms with Crippen LogP contribution in [0, 0.1) is 0 Å². The number of pyridine rings is 1. The van der Waals surface area contributed by atoms with Crippen LogP contribution in [0.1, 0.15) is 49.4 Å². The van der Waals surface area contributed by atoms with Gasteiger partial charge in [0.25, 0.3) is 0 Å². The molecule has 0 bridgehead atoms. The summed E-state index contributed by atoms with van der Waals surface area (Å²) in [5.74, 6) is 0.870. The Kier molecular flexibility index (Phi) is 6.29. The van der Waals surface area contributed by atoms with Crippen LogP contribution >= 0.6 is 0 Å². The zero-order valence-electron chi connectivity index (χ0n) is 17.7. The van der Waals surface area contributed by atoms with Crippen LogP contribution in [-0.2, 0) is 0 Å². The first-order valence-electron chi connectivity index (χ1n) is 10.7. The second kappa shape index (κ2) is 9.45. The van der Waals surface area contributed by atoms with Crippen molar-refractivity contribution in [1.29, 1.82) is 0 Å². The molecule has 0 spiro atoms. The van der Waals surface area contributed by atoms with E-state index in [4.69, 9.17) is 9.72 Å². The molecule has 0 saturated carbocycles. The minimum absolute atomic E-state index is 0.870. The lowest BCUT2D eigenvalue weighted by atomic mass is 10.1. The Balaban J connectivity index is 1.55. The van der Waals surface area contributed by atoms with E-state index in [0.717, 1.165) is 40.0 Å². The molecule has 3 heteroatoms. The van der Waals surface area contributed by atoms with Gasteiger partial charge in [-0.25, -0.2) is 4.98 Å². The zero-order chi connectivity index (χ0) is 20.8. The van der Waals surface area contributed by atoms with Crippen LogP contribution in [0.2, 0.25) is 0 Å². The van der Waals surface area contributed by atoms with Crippen molar-refractivity contribution < 1.29 is 4.74 Å². The molecule has 2 aromatic heterocycles. The number of unbranched alkanes of at least 4 members (excludes halogenated alkanes) is 3. The Bertz CT molecular complexity index is 1180. The lowest BCUT2D eigenvalue weighted by molar-refractivity contribution is 0.415. The molecule has 0 saturated heterocycles. The molecule has 0 atom stereocenters. The topological polar surface area (TPSA) is 37.9 Å². The standard InChI is InChI=1S/C27H28N2O/c1-3-4-5-6-7-8-22-14-17-24-25-19-21(13-18-26(25)29-27(24)28-22)10-9-20-11-15-23(30-2)16-12-20/h7-19H,3-6H2,1-2H3,(H,28,29)/b8-7+,10-9+. The van der Waals surface area contributed by atoms with Gasteiger partial charge >= 0.3 is 0 Å². The summed E-state index contributed by atoms with van der Waals surface area (Å²) in [7, 11) is 1.68. The molecule has 0 fully saturated rings. The van der Waals surface area contributed by atoms with Gasteiger partial charge in [-0.05, 0) is 66.4 Å². The van der Waals surface area contributed by atoms with E-state index < -0.39 is 0 Å². The van der Waals surface area contributed by atoms with Crippen molar-refractivity contribution in [2.24, 2.45) is 0 Å². The monoisotopic (exact) mass is 396 g/mol. The first-order valence-corrected chi connectivity index (χ1v) is 10.7. The summed E-state index contributed by atoms with van der Waals surface area (Å²) in [6.45, 7) is 2.23. The molecule has 152 valence electrons. The van der Waals surface area contributed by atoms with E-state index in [2.05, 4.69) is 78.7 Å². The minimum Gasteiger partial charge on any atom is -0.497 e. The van der Waals surface area contributed by atoms with Crippen LogP contribution < -0.4 is 4.74 Å². The molecular weight excluding hydrogens is 368 g/mol. The smallest absolute Gasteiger partial charge is 0.139 e. The highest BCUT2D eigenvalue weighted by Gasteiger charge is 2.06. The highest BCUT2D eigenvalue weighted by atomic mass is 16.5. The number of H-pyrrole nitrogens is 1.